The van der Waals surface area contributed by atoms with Gasteiger partial charge in [-0.3, -0.25) is 9.78 Å². The van der Waals surface area contributed by atoms with Crippen LogP contribution in [-0.4, -0.2) is 17.4 Å². The molecule has 2 rings (SSSR count). The molecule has 0 aromatic carbocycles. The van der Waals surface area contributed by atoms with Gasteiger partial charge in [-0.1, -0.05) is 0 Å². The maximum absolute atomic E-state index is 12.1. The van der Waals surface area contributed by atoms with Gasteiger partial charge in [-0.25, -0.2) is 0 Å². The molecule has 0 aliphatic heterocycles. The van der Waals surface area contributed by atoms with Crippen molar-refractivity contribution < 1.29 is 13.9 Å². The fourth-order valence-corrected chi connectivity index (χ4v) is 1.82. The van der Waals surface area contributed by atoms with Crippen molar-refractivity contribution in [2.75, 3.05) is 6.61 Å². The maximum Gasteiger partial charge on any atom is 0.199 e. The Hall–Kier alpha value is -1.62. The SMILES string of the molecule is CCOc1cncc(C(=O)c2ccoc2Br)c1. The van der Waals surface area contributed by atoms with Crippen molar-refractivity contribution in [1.82, 2.24) is 4.98 Å². The van der Waals surface area contributed by atoms with Gasteiger partial charge < -0.3 is 9.15 Å². The molecule has 0 bridgehead atoms. The molecule has 0 aliphatic carbocycles. The van der Waals surface area contributed by atoms with Crippen LogP contribution in [0.2, 0.25) is 0 Å². The number of hydrogen-bond acceptors (Lipinski definition) is 4. The lowest BCUT2D eigenvalue weighted by Crippen LogP contribution is -2.02. The largest absolute Gasteiger partial charge is 0.492 e. The quantitative estimate of drug-likeness (QED) is 0.814. The number of ether oxygens (including phenoxy) is 1. The summed E-state index contributed by atoms with van der Waals surface area (Å²) in [5, 5.41) is 0. The van der Waals surface area contributed by atoms with Crippen LogP contribution in [-0.2, 0) is 0 Å². The Morgan fingerprint density at radius 1 is 1.53 bits per heavy atom. The van der Waals surface area contributed by atoms with E-state index in [2.05, 4.69) is 20.9 Å². The lowest BCUT2D eigenvalue weighted by molar-refractivity contribution is 0.103. The molecule has 4 nitrogen and oxygen atoms in total. The molecule has 88 valence electrons. The highest BCUT2D eigenvalue weighted by molar-refractivity contribution is 9.10. The molecule has 2 aromatic heterocycles. The predicted molar refractivity (Wildman–Crippen MR) is 65.2 cm³/mol. The number of carbonyl (C=O) groups is 1. The third kappa shape index (κ3) is 2.55. The topological polar surface area (TPSA) is 52.3 Å². The van der Waals surface area contributed by atoms with E-state index in [0.717, 1.165) is 0 Å². The fourth-order valence-electron chi connectivity index (χ4n) is 1.40. The molecular formula is C12H10BrNO3. The molecule has 0 atom stereocenters. The Morgan fingerprint density at radius 2 is 2.35 bits per heavy atom. The van der Waals surface area contributed by atoms with Crippen LogP contribution in [0.15, 0.2) is 39.9 Å². The first kappa shape index (κ1) is 11.9. The van der Waals surface area contributed by atoms with Crippen molar-refractivity contribution in [3.63, 3.8) is 0 Å². The van der Waals surface area contributed by atoms with Gasteiger partial charge >= 0.3 is 0 Å². The third-order valence-electron chi connectivity index (χ3n) is 2.15. The lowest BCUT2D eigenvalue weighted by atomic mass is 10.1. The highest BCUT2D eigenvalue weighted by Crippen LogP contribution is 2.22. The third-order valence-corrected chi connectivity index (χ3v) is 2.76. The molecule has 0 N–H and O–H groups in total. The minimum absolute atomic E-state index is 0.153. The molecule has 0 radical (unpaired) electrons. The molecule has 0 saturated heterocycles. The average Bonchev–Trinajstić information content (AvgIpc) is 2.75. The Kier molecular flexibility index (Phi) is 3.58. The normalized spacial score (nSPS) is 10.2. The van der Waals surface area contributed by atoms with Gasteiger partial charge in [0.05, 0.1) is 24.6 Å². The summed E-state index contributed by atoms with van der Waals surface area (Å²) in [6, 6.07) is 3.28. The van der Waals surface area contributed by atoms with E-state index in [0.29, 0.717) is 28.2 Å². The molecule has 0 unspecified atom stereocenters. The number of rotatable bonds is 4. The molecule has 2 heterocycles. The van der Waals surface area contributed by atoms with E-state index in [1.807, 2.05) is 6.92 Å². The summed E-state index contributed by atoms with van der Waals surface area (Å²) in [5.74, 6) is 0.428. The molecule has 17 heavy (non-hydrogen) atoms. The van der Waals surface area contributed by atoms with Crippen LogP contribution >= 0.6 is 15.9 Å². The summed E-state index contributed by atoms with van der Waals surface area (Å²) in [7, 11) is 0. The zero-order valence-corrected chi connectivity index (χ0v) is 10.7. The zero-order chi connectivity index (χ0) is 12.3. The van der Waals surface area contributed by atoms with E-state index in [-0.39, 0.29) is 5.78 Å². The van der Waals surface area contributed by atoms with Crippen LogP contribution in [0.3, 0.4) is 0 Å². The number of nitrogens with zero attached hydrogens (tertiary/aromatic N) is 1. The molecule has 0 saturated carbocycles. The van der Waals surface area contributed by atoms with E-state index in [1.54, 1.807) is 18.3 Å². The van der Waals surface area contributed by atoms with Gasteiger partial charge in [0.2, 0.25) is 0 Å². The number of pyridine rings is 1. The first-order valence-corrected chi connectivity index (χ1v) is 5.87. The minimum atomic E-state index is -0.153. The van der Waals surface area contributed by atoms with Gasteiger partial charge in [-0.05, 0) is 35.0 Å². The summed E-state index contributed by atoms with van der Waals surface area (Å²) in [5.41, 5.74) is 0.943. The van der Waals surface area contributed by atoms with Crippen LogP contribution in [0.1, 0.15) is 22.8 Å². The number of aromatic nitrogens is 1. The van der Waals surface area contributed by atoms with Crippen molar-refractivity contribution in [3.8, 4) is 5.75 Å². The van der Waals surface area contributed by atoms with Gasteiger partial charge in [0.25, 0.3) is 0 Å². The first-order valence-electron chi connectivity index (χ1n) is 5.08. The Morgan fingerprint density at radius 3 is 3.00 bits per heavy atom. The second-order valence-electron chi connectivity index (χ2n) is 3.28. The van der Waals surface area contributed by atoms with Crippen LogP contribution < -0.4 is 4.74 Å². The zero-order valence-electron chi connectivity index (χ0n) is 9.14. The monoisotopic (exact) mass is 295 g/mol. The van der Waals surface area contributed by atoms with E-state index in [1.165, 1.54) is 12.5 Å². The Balaban J connectivity index is 2.31. The number of furan rings is 1. The fraction of sp³-hybridized carbons (Fsp3) is 0.167. The van der Waals surface area contributed by atoms with Gasteiger partial charge in [0.1, 0.15) is 5.75 Å². The first-order chi connectivity index (χ1) is 8.22. The highest BCUT2D eigenvalue weighted by Gasteiger charge is 2.15. The molecule has 0 amide bonds. The minimum Gasteiger partial charge on any atom is -0.492 e. The van der Waals surface area contributed by atoms with Gasteiger partial charge in [-0.15, -0.1) is 0 Å². The molecule has 0 aliphatic rings. The number of carbonyl (C=O) groups excluding carboxylic acids is 1. The van der Waals surface area contributed by atoms with Crippen molar-refractivity contribution in [2.45, 2.75) is 6.92 Å². The number of halogens is 1. The lowest BCUT2D eigenvalue weighted by Gasteiger charge is -2.04. The van der Waals surface area contributed by atoms with Crippen molar-refractivity contribution in [3.05, 3.63) is 46.6 Å². The highest BCUT2D eigenvalue weighted by atomic mass is 79.9. The van der Waals surface area contributed by atoms with Crippen molar-refractivity contribution in [2.24, 2.45) is 0 Å². The van der Waals surface area contributed by atoms with Crippen LogP contribution in [0, 0.1) is 0 Å². The summed E-state index contributed by atoms with van der Waals surface area (Å²) >= 11 is 3.17. The summed E-state index contributed by atoms with van der Waals surface area (Å²) in [6.45, 7) is 2.41. The molecule has 0 spiro atoms. The molecule has 2 aromatic rings. The summed E-state index contributed by atoms with van der Waals surface area (Å²) in [6.07, 6.45) is 4.53. The van der Waals surface area contributed by atoms with E-state index >= 15 is 0 Å². The van der Waals surface area contributed by atoms with Crippen LogP contribution in [0.4, 0.5) is 0 Å². The van der Waals surface area contributed by atoms with Gasteiger partial charge in [-0.2, -0.15) is 0 Å². The Bertz CT molecular complexity index is 536. The van der Waals surface area contributed by atoms with Gasteiger partial charge in [0, 0.05) is 11.8 Å². The Labute approximate surface area is 107 Å². The summed E-state index contributed by atoms with van der Waals surface area (Å²) in [4.78, 5) is 16.1. The second kappa shape index (κ2) is 5.14. The van der Waals surface area contributed by atoms with Crippen LogP contribution in [0.5, 0.6) is 5.75 Å². The average molecular weight is 296 g/mol. The number of hydrogen-bond donors (Lipinski definition) is 0. The van der Waals surface area contributed by atoms with E-state index in [9.17, 15) is 4.79 Å². The van der Waals surface area contributed by atoms with E-state index in [4.69, 9.17) is 9.15 Å². The smallest absolute Gasteiger partial charge is 0.199 e. The predicted octanol–water partition coefficient (Wildman–Crippen LogP) is 3.07. The molecule has 5 heteroatoms. The van der Waals surface area contributed by atoms with E-state index < -0.39 is 0 Å². The maximum atomic E-state index is 12.1. The molecule has 0 fully saturated rings. The van der Waals surface area contributed by atoms with Crippen molar-refractivity contribution >= 4 is 21.7 Å². The van der Waals surface area contributed by atoms with Crippen molar-refractivity contribution in [1.29, 1.82) is 0 Å². The second-order valence-corrected chi connectivity index (χ2v) is 4.00. The van der Waals surface area contributed by atoms with Crippen LogP contribution in [0.25, 0.3) is 0 Å². The summed E-state index contributed by atoms with van der Waals surface area (Å²) < 4.78 is 10.7. The molecular weight excluding hydrogens is 286 g/mol. The standard InChI is InChI=1S/C12H10BrNO3/c1-2-16-9-5-8(6-14-7-9)11(15)10-3-4-17-12(10)13/h3-7H,2H2,1H3. The number of ketones is 1. The van der Waals surface area contributed by atoms with Gasteiger partial charge in [0.15, 0.2) is 10.5 Å².